The number of nitrogens with one attached hydrogen (secondary N) is 1. The van der Waals surface area contributed by atoms with E-state index in [1.54, 1.807) is 18.3 Å². The fourth-order valence-electron chi connectivity index (χ4n) is 2.73. The van der Waals surface area contributed by atoms with Crippen molar-refractivity contribution in [3.05, 3.63) is 34.9 Å². The van der Waals surface area contributed by atoms with Crippen LogP contribution in [0, 0.1) is 0 Å². The summed E-state index contributed by atoms with van der Waals surface area (Å²) in [7, 11) is 0. The highest BCUT2D eigenvalue weighted by Gasteiger charge is 1.99. The maximum atomic E-state index is 11.7. The van der Waals surface area contributed by atoms with Crippen molar-refractivity contribution >= 4 is 23.7 Å². The maximum absolute atomic E-state index is 11.7. The van der Waals surface area contributed by atoms with Crippen LogP contribution >= 0.6 is 11.6 Å². The van der Waals surface area contributed by atoms with E-state index in [9.17, 15) is 4.79 Å². The molecule has 0 saturated heterocycles. The van der Waals surface area contributed by atoms with Gasteiger partial charge in [-0.25, -0.2) is 5.43 Å². The number of unbranched alkanes of at least 4 members (excludes halogenated alkanes) is 10. The largest absolute Gasteiger partial charge is 0.273 e. The summed E-state index contributed by atoms with van der Waals surface area (Å²) in [5, 5.41) is 4.67. The quantitative estimate of drug-likeness (QED) is 0.229. The number of amides is 1. The lowest BCUT2D eigenvalue weighted by molar-refractivity contribution is -0.121. The van der Waals surface area contributed by atoms with Crippen LogP contribution in [0.25, 0.3) is 0 Å². The number of halogens is 1. The van der Waals surface area contributed by atoms with Crippen LogP contribution in [0.5, 0.6) is 0 Å². The number of hydrogen-bond donors (Lipinski definition) is 1. The van der Waals surface area contributed by atoms with E-state index in [-0.39, 0.29) is 5.91 Å². The molecule has 0 aromatic heterocycles. The van der Waals surface area contributed by atoms with Gasteiger partial charge >= 0.3 is 0 Å². The van der Waals surface area contributed by atoms with Gasteiger partial charge in [0, 0.05) is 11.4 Å². The molecular weight excluding hydrogens is 332 g/mol. The molecule has 4 heteroatoms. The molecule has 0 bridgehead atoms. The molecule has 3 nitrogen and oxygen atoms in total. The first-order valence-electron chi connectivity index (χ1n) is 9.80. The molecule has 1 amide bonds. The van der Waals surface area contributed by atoms with Gasteiger partial charge in [0.1, 0.15) is 0 Å². The Morgan fingerprint density at radius 3 is 2.00 bits per heavy atom. The third kappa shape index (κ3) is 12.6. The highest BCUT2D eigenvalue weighted by atomic mass is 35.5. The van der Waals surface area contributed by atoms with Crippen LogP contribution in [0.1, 0.15) is 89.5 Å². The molecule has 0 radical (unpaired) electrons. The molecule has 0 aliphatic rings. The second kappa shape index (κ2) is 14.9. The Morgan fingerprint density at radius 1 is 0.920 bits per heavy atom. The Hall–Kier alpha value is -1.35. The van der Waals surface area contributed by atoms with Crippen LogP contribution < -0.4 is 5.43 Å². The molecule has 1 N–H and O–H groups in total. The fraction of sp³-hybridized carbons (Fsp3) is 0.619. The Bertz CT molecular complexity index is 485. The first-order valence-corrected chi connectivity index (χ1v) is 10.2. The lowest BCUT2D eigenvalue weighted by Gasteiger charge is -2.02. The predicted octanol–water partition coefficient (Wildman–Crippen LogP) is 6.49. The van der Waals surface area contributed by atoms with Crippen molar-refractivity contribution in [2.45, 2.75) is 84.0 Å². The van der Waals surface area contributed by atoms with Gasteiger partial charge in [0.15, 0.2) is 0 Å². The third-order valence-electron chi connectivity index (χ3n) is 4.28. The summed E-state index contributed by atoms with van der Waals surface area (Å²) in [4.78, 5) is 11.7. The molecule has 0 unspecified atom stereocenters. The Morgan fingerprint density at radius 2 is 1.44 bits per heavy atom. The minimum atomic E-state index is -0.0128. The number of hydrazone groups is 1. The van der Waals surface area contributed by atoms with Gasteiger partial charge in [-0.15, -0.1) is 0 Å². The summed E-state index contributed by atoms with van der Waals surface area (Å²) in [6.07, 6.45) is 16.4. The Labute approximate surface area is 158 Å². The number of carbonyl (C=O) groups excluding carboxylic acids is 1. The molecule has 0 fully saturated rings. The number of hydrogen-bond acceptors (Lipinski definition) is 2. The third-order valence-corrected chi connectivity index (χ3v) is 4.53. The van der Waals surface area contributed by atoms with Crippen molar-refractivity contribution in [2.75, 3.05) is 0 Å². The van der Waals surface area contributed by atoms with E-state index in [1.165, 1.54) is 57.8 Å². The summed E-state index contributed by atoms with van der Waals surface area (Å²) < 4.78 is 0. The predicted molar refractivity (Wildman–Crippen MR) is 108 cm³/mol. The van der Waals surface area contributed by atoms with Gasteiger partial charge in [-0.1, -0.05) is 94.9 Å². The molecule has 1 aromatic rings. The molecule has 1 rings (SSSR count). The number of benzene rings is 1. The topological polar surface area (TPSA) is 41.5 Å². The molecule has 25 heavy (non-hydrogen) atoms. The van der Waals surface area contributed by atoms with Crippen LogP contribution in [-0.2, 0) is 4.79 Å². The van der Waals surface area contributed by atoms with Crippen LogP contribution in [-0.4, -0.2) is 12.1 Å². The van der Waals surface area contributed by atoms with Gasteiger partial charge in [-0.05, 0) is 24.1 Å². The minimum absolute atomic E-state index is 0.0128. The highest BCUT2D eigenvalue weighted by Crippen LogP contribution is 2.12. The number of carbonyl (C=O) groups is 1. The van der Waals surface area contributed by atoms with E-state index in [4.69, 9.17) is 11.6 Å². The normalized spacial score (nSPS) is 11.1. The molecular formula is C21H33ClN2O. The van der Waals surface area contributed by atoms with E-state index in [0.717, 1.165) is 18.4 Å². The average molecular weight is 365 g/mol. The minimum Gasteiger partial charge on any atom is -0.273 e. The molecule has 1 aromatic carbocycles. The molecule has 0 aliphatic carbocycles. The zero-order valence-electron chi connectivity index (χ0n) is 15.6. The monoisotopic (exact) mass is 364 g/mol. The molecule has 0 heterocycles. The zero-order chi connectivity index (χ0) is 18.2. The van der Waals surface area contributed by atoms with Crippen molar-refractivity contribution in [1.82, 2.24) is 5.43 Å². The zero-order valence-corrected chi connectivity index (χ0v) is 16.4. The van der Waals surface area contributed by atoms with Crippen LogP contribution in [0.4, 0.5) is 0 Å². The second-order valence-corrected chi connectivity index (χ2v) is 7.07. The highest BCUT2D eigenvalue weighted by molar-refractivity contribution is 6.30. The van der Waals surface area contributed by atoms with Gasteiger partial charge < -0.3 is 0 Å². The summed E-state index contributed by atoms with van der Waals surface area (Å²) in [6, 6.07) is 7.33. The SMILES string of the molecule is CCCCCCCCCCCCCC(=O)NN=Cc1ccc(Cl)cc1. The van der Waals surface area contributed by atoms with Gasteiger partial charge in [0.2, 0.25) is 5.91 Å². The van der Waals surface area contributed by atoms with E-state index in [2.05, 4.69) is 17.5 Å². The van der Waals surface area contributed by atoms with Gasteiger partial charge in [-0.3, -0.25) is 4.79 Å². The molecule has 0 aliphatic heterocycles. The average Bonchev–Trinajstić information content (AvgIpc) is 2.61. The van der Waals surface area contributed by atoms with Gasteiger partial charge in [-0.2, -0.15) is 5.10 Å². The number of rotatable bonds is 14. The Kier molecular flexibility index (Phi) is 13.0. The summed E-state index contributed by atoms with van der Waals surface area (Å²) in [5.74, 6) is -0.0128. The van der Waals surface area contributed by atoms with Gasteiger partial charge in [0.05, 0.1) is 6.21 Å². The summed E-state index contributed by atoms with van der Waals surface area (Å²) >= 11 is 5.82. The van der Waals surface area contributed by atoms with Crippen molar-refractivity contribution in [3.8, 4) is 0 Å². The van der Waals surface area contributed by atoms with Crippen molar-refractivity contribution in [3.63, 3.8) is 0 Å². The van der Waals surface area contributed by atoms with Crippen LogP contribution in [0.3, 0.4) is 0 Å². The van der Waals surface area contributed by atoms with Crippen molar-refractivity contribution < 1.29 is 4.79 Å². The summed E-state index contributed by atoms with van der Waals surface area (Å²) in [6.45, 7) is 2.26. The molecule has 140 valence electrons. The van der Waals surface area contributed by atoms with Crippen molar-refractivity contribution in [2.24, 2.45) is 5.10 Å². The van der Waals surface area contributed by atoms with E-state index in [0.29, 0.717) is 11.4 Å². The maximum Gasteiger partial charge on any atom is 0.240 e. The van der Waals surface area contributed by atoms with Crippen LogP contribution in [0.2, 0.25) is 5.02 Å². The molecule has 0 spiro atoms. The number of nitrogens with zero attached hydrogens (tertiary/aromatic N) is 1. The standard InChI is InChI=1S/C21H33ClN2O/c1-2-3-4-5-6-7-8-9-10-11-12-13-21(25)24-23-18-19-14-16-20(22)17-15-19/h14-18H,2-13H2,1H3,(H,24,25). The van der Waals surface area contributed by atoms with Crippen LogP contribution in [0.15, 0.2) is 29.4 Å². The first-order chi connectivity index (χ1) is 12.2. The van der Waals surface area contributed by atoms with E-state index >= 15 is 0 Å². The smallest absolute Gasteiger partial charge is 0.240 e. The fourth-order valence-corrected chi connectivity index (χ4v) is 2.86. The lowest BCUT2D eigenvalue weighted by atomic mass is 10.1. The lowest BCUT2D eigenvalue weighted by Crippen LogP contribution is -2.16. The molecule has 0 saturated carbocycles. The van der Waals surface area contributed by atoms with E-state index < -0.39 is 0 Å². The van der Waals surface area contributed by atoms with E-state index in [1.807, 2.05) is 12.1 Å². The first kappa shape index (κ1) is 21.7. The second-order valence-electron chi connectivity index (χ2n) is 6.63. The summed E-state index contributed by atoms with van der Waals surface area (Å²) in [5.41, 5.74) is 3.49. The Balaban J connectivity index is 1.92. The van der Waals surface area contributed by atoms with Crippen molar-refractivity contribution in [1.29, 1.82) is 0 Å². The van der Waals surface area contributed by atoms with Gasteiger partial charge in [0.25, 0.3) is 0 Å². The molecule has 0 atom stereocenters.